The van der Waals surface area contributed by atoms with E-state index in [2.05, 4.69) is 28.7 Å². The molecule has 3 nitrogen and oxygen atoms in total. The van der Waals surface area contributed by atoms with Gasteiger partial charge in [-0.15, -0.1) is 11.3 Å². The van der Waals surface area contributed by atoms with Crippen LogP contribution in [0.15, 0.2) is 42.0 Å². The second-order valence-corrected chi connectivity index (χ2v) is 4.85. The zero-order valence-electron chi connectivity index (χ0n) is 9.46. The van der Waals surface area contributed by atoms with E-state index in [9.17, 15) is 0 Å². The maximum Gasteiger partial charge on any atom is 0.140 e. The van der Waals surface area contributed by atoms with Crippen molar-refractivity contribution >= 4 is 17.0 Å². The molecule has 17 heavy (non-hydrogen) atoms. The van der Waals surface area contributed by atoms with Gasteiger partial charge in [0.05, 0.1) is 12.8 Å². The minimum Gasteiger partial charge on any atom is -0.497 e. The first-order chi connectivity index (χ1) is 8.35. The molecule has 0 unspecified atom stereocenters. The first-order valence-electron chi connectivity index (χ1n) is 5.39. The predicted octanol–water partition coefficient (Wildman–Crippen LogP) is 3.00. The number of hydrogen-bond acceptors (Lipinski definition) is 3. The molecule has 0 aliphatic carbocycles. The SMILES string of the molecule is COc1ccn2cc(Cc3cccs3)nc2c1. The highest BCUT2D eigenvalue weighted by Crippen LogP contribution is 2.17. The van der Waals surface area contributed by atoms with E-state index in [1.165, 1.54) is 4.88 Å². The van der Waals surface area contributed by atoms with Crippen molar-refractivity contribution in [3.05, 3.63) is 52.6 Å². The van der Waals surface area contributed by atoms with E-state index < -0.39 is 0 Å². The van der Waals surface area contributed by atoms with Crippen molar-refractivity contribution in [2.45, 2.75) is 6.42 Å². The van der Waals surface area contributed by atoms with E-state index in [1.807, 2.05) is 22.7 Å². The standard InChI is InChI=1S/C13H12N2OS/c1-16-11-4-5-15-9-10(14-13(15)8-11)7-12-3-2-6-17-12/h2-6,8-9H,7H2,1H3. The molecule has 0 atom stereocenters. The Morgan fingerprint density at radius 1 is 1.41 bits per heavy atom. The van der Waals surface area contributed by atoms with Crippen LogP contribution in [-0.4, -0.2) is 16.5 Å². The molecule has 0 aliphatic rings. The molecular formula is C13H12N2OS. The number of fused-ring (bicyclic) bond motifs is 1. The average molecular weight is 244 g/mol. The summed E-state index contributed by atoms with van der Waals surface area (Å²) in [5.41, 5.74) is 2.01. The number of thiophene rings is 1. The van der Waals surface area contributed by atoms with Crippen molar-refractivity contribution in [3.8, 4) is 5.75 Å². The molecule has 0 radical (unpaired) electrons. The lowest BCUT2D eigenvalue weighted by atomic mass is 10.3. The summed E-state index contributed by atoms with van der Waals surface area (Å²) >= 11 is 1.76. The molecule has 0 spiro atoms. The molecular weight excluding hydrogens is 232 g/mol. The van der Waals surface area contributed by atoms with Crippen LogP contribution in [0.2, 0.25) is 0 Å². The fourth-order valence-corrected chi connectivity index (χ4v) is 2.54. The van der Waals surface area contributed by atoms with Gasteiger partial charge in [0.2, 0.25) is 0 Å². The van der Waals surface area contributed by atoms with Crippen LogP contribution in [0.3, 0.4) is 0 Å². The molecule has 0 saturated heterocycles. The first-order valence-corrected chi connectivity index (χ1v) is 6.27. The number of pyridine rings is 1. The van der Waals surface area contributed by atoms with Gasteiger partial charge >= 0.3 is 0 Å². The summed E-state index contributed by atoms with van der Waals surface area (Å²) in [6.07, 6.45) is 4.93. The van der Waals surface area contributed by atoms with Gasteiger partial charge in [0.1, 0.15) is 11.4 Å². The largest absolute Gasteiger partial charge is 0.497 e. The Hall–Kier alpha value is -1.81. The van der Waals surface area contributed by atoms with Gasteiger partial charge in [0.25, 0.3) is 0 Å². The highest BCUT2D eigenvalue weighted by molar-refractivity contribution is 7.09. The highest BCUT2D eigenvalue weighted by atomic mass is 32.1. The normalized spacial score (nSPS) is 10.9. The van der Waals surface area contributed by atoms with Gasteiger partial charge in [0.15, 0.2) is 0 Å². The van der Waals surface area contributed by atoms with Crippen molar-refractivity contribution in [2.75, 3.05) is 7.11 Å². The van der Waals surface area contributed by atoms with E-state index in [0.717, 1.165) is 23.5 Å². The lowest BCUT2D eigenvalue weighted by molar-refractivity contribution is 0.414. The molecule has 3 aromatic heterocycles. The van der Waals surface area contributed by atoms with Crippen LogP contribution in [0.4, 0.5) is 0 Å². The Kier molecular flexibility index (Phi) is 2.57. The first kappa shape index (κ1) is 10.4. The summed E-state index contributed by atoms with van der Waals surface area (Å²) in [5.74, 6) is 0.839. The van der Waals surface area contributed by atoms with Crippen molar-refractivity contribution < 1.29 is 4.74 Å². The number of methoxy groups -OCH3 is 1. The predicted molar refractivity (Wildman–Crippen MR) is 68.9 cm³/mol. The van der Waals surface area contributed by atoms with Gasteiger partial charge in [-0.2, -0.15) is 0 Å². The van der Waals surface area contributed by atoms with Gasteiger partial charge in [-0.1, -0.05) is 6.07 Å². The Labute approximate surface area is 103 Å². The van der Waals surface area contributed by atoms with Gasteiger partial charge in [-0.05, 0) is 17.5 Å². The van der Waals surface area contributed by atoms with Gasteiger partial charge < -0.3 is 9.14 Å². The minimum atomic E-state index is 0.839. The third-order valence-corrected chi connectivity index (χ3v) is 3.53. The second-order valence-electron chi connectivity index (χ2n) is 3.82. The number of hydrogen-bond donors (Lipinski definition) is 0. The van der Waals surface area contributed by atoms with Crippen LogP contribution in [0.1, 0.15) is 10.6 Å². The van der Waals surface area contributed by atoms with Crippen molar-refractivity contribution in [2.24, 2.45) is 0 Å². The number of rotatable bonds is 3. The van der Waals surface area contributed by atoms with Gasteiger partial charge in [-0.25, -0.2) is 4.98 Å². The highest BCUT2D eigenvalue weighted by Gasteiger charge is 2.04. The summed E-state index contributed by atoms with van der Waals surface area (Å²) in [5, 5.41) is 2.09. The topological polar surface area (TPSA) is 26.5 Å². The molecule has 3 rings (SSSR count). The third kappa shape index (κ3) is 2.03. The fraction of sp³-hybridized carbons (Fsp3) is 0.154. The summed E-state index contributed by atoms with van der Waals surface area (Å²) < 4.78 is 7.21. The third-order valence-electron chi connectivity index (χ3n) is 2.65. The summed E-state index contributed by atoms with van der Waals surface area (Å²) in [4.78, 5) is 5.92. The molecule has 3 aromatic rings. The number of aromatic nitrogens is 2. The molecule has 86 valence electrons. The Morgan fingerprint density at radius 3 is 3.12 bits per heavy atom. The van der Waals surface area contributed by atoms with Crippen LogP contribution in [0.25, 0.3) is 5.65 Å². The van der Waals surface area contributed by atoms with E-state index in [-0.39, 0.29) is 0 Å². The summed E-state index contributed by atoms with van der Waals surface area (Å²) in [7, 11) is 1.67. The molecule has 0 bridgehead atoms. The quantitative estimate of drug-likeness (QED) is 0.708. The lowest BCUT2D eigenvalue weighted by Gasteiger charge is -1.98. The molecule has 0 aliphatic heterocycles. The van der Waals surface area contributed by atoms with E-state index in [0.29, 0.717) is 0 Å². The summed E-state index contributed by atoms with van der Waals surface area (Å²) in [6.45, 7) is 0. The van der Waals surface area contributed by atoms with Gasteiger partial charge in [-0.3, -0.25) is 0 Å². The maximum atomic E-state index is 5.19. The number of nitrogens with zero attached hydrogens (tertiary/aromatic N) is 2. The zero-order valence-corrected chi connectivity index (χ0v) is 10.3. The van der Waals surface area contributed by atoms with Crippen molar-refractivity contribution in [3.63, 3.8) is 0 Å². The molecule has 0 fully saturated rings. The lowest BCUT2D eigenvalue weighted by Crippen LogP contribution is -1.86. The Balaban J connectivity index is 1.96. The van der Waals surface area contributed by atoms with Crippen LogP contribution in [0, 0.1) is 0 Å². The van der Waals surface area contributed by atoms with Crippen molar-refractivity contribution in [1.82, 2.24) is 9.38 Å². The van der Waals surface area contributed by atoms with Crippen LogP contribution >= 0.6 is 11.3 Å². The monoisotopic (exact) mass is 244 g/mol. The van der Waals surface area contributed by atoms with Crippen LogP contribution < -0.4 is 4.74 Å². The second kappa shape index (κ2) is 4.22. The molecule has 0 amide bonds. The molecule has 0 saturated carbocycles. The van der Waals surface area contributed by atoms with E-state index in [1.54, 1.807) is 18.4 Å². The summed E-state index contributed by atoms with van der Waals surface area (Å²) in [6, 6.07) is 8.08. The fourth-order valence-electron chi connectivity index (χ4n) is 1.82. The van der Waals surface area contributed by atoms with E-state index in [4.69, 9.17) is 4.74 Å². The van der Waals surface area contributed by atoms with Crippen LogP contribution in [-0.2, 0) is 6.42 Å². The molecule has 0 aromatic carbocycles. The maximum absolute atomic E-state index is 5.19. The zero-order chi connectivity index (χ0) is 11.7. The van der Waals surface area contributed by atoms with Gasteiger partial charge in [0, 0.05) is 29.8 Å². The average Bonchev–Trinajstić information content (AvgIpc) is 2.96. The van der Waals surface area contributed by atoms with Crippen molar-refractivity contribution in [1.29, 1.82) is 0 Å². The Morgan fingerprint density at radius 2 is 2.35 bits per heavy atom. The smallest absolute Gasteiger partial charge is 0.140 e. The molecule has 0 N–H and O–H groups in total. The minimum absolute atomic E-state index is 0.839. The van der Waals surface area contributed by atoms with E-state index >= 15 is 0 Å². The molecule has 3 heterocycles. The van der Waals surface area contributed by atoms with Crippen LogP contribution in [0.5, 0.6) is 5.75 Å². The Bertz CT molecular complexity index is 628. The number of imidazole rings is 1. The molecule has 4 heteroatoms. The number of ether oxygens (including phenoxy) is 1.